The summed E-state index contributed by atoms with van der Waals surface area (Å²) in [5.74, 6) is -0.513. The monoisotopic (exact) mass is 387 g/mol. The molecule has 3 amide bonds. The topological polar surface area (TPSA) is 87.5 Å². The molecule has 28 heavy (non-hydrogen) atoms. The van der Waals surface area contributed by atoms with Crippen LogP contribution in [0.15, 0.2) is 6.07 Å². The molecular weight excluding hydrogens is 358 g/mol. The fourth-order valence-corrected chi connectivity index (χ4v) is 4.73. The van der Waals surface area contributed by atoms with Crippen LogP contribution in [0.1, 0.15) is 73.3 Å². The molecule has 4 rings (SSSR count). The second-order valence-electron chi connectivity index (χ2n) is 8.35. The van der Waals surface area contributed by atoms with Crippen molar-refractivity contribution in [1.82, 2.24) is 24.9 Å². The van der Waals surface area contributed by atoms with Crippen LogP contribution >= 0.6 is 0 Å². The number of hydrogen-bond donors (Lipinski definition) is 1. The van der Waals surface area contributed by atoms with E-state index in [9.17, 15) is 14.4 Å². The van der Waals surface area contributed by atoms with Gasteiger partial charge in [-0.3, -0.25) is 19.1 Å². The maximum Gasteiger partial charge on any atom is 0.274 e. The lowest BCUT2D eigenvalue weighted by Crippen LogP contribution is -2.64. The summed E-state index contributed by atoms with van der Waals surface area (Å²) in [7, 11) is 0. The Morgan fingerprint density at radius 1 is 1.21 bits per heavy atom. The summed E-state index contributed by atoms with van der Waals surface area (Å²) in [4.78, 5) is 42.3. The summed E-state index contributed by atoms with van der Waals surface area (Å²) in [6.45, 7) is 5.82. The van der Waals surface area contributed by atoms with Crippen LogP contribution in [0, 0.1) is 0 Å². The van der Waals surface area contributed by atoms with Gasteiger partial charge in [0.15, 0.2) is 5.69 Å². The van der Waals surface area contributed by atoms with Crippen LogP contribution in [0.5, 0.6) is 0 Å². The van der Waals surface area contributed by atoms with E-state index in [1.54, 1.807) is 27.5 Å². The third-order valence-corrected chi connectivity index (χ3v) is 6.41. The largest absolute Gasteiger partial charge is 0.351 e. The van der Waals surface area contributed by atoms with E-state index in [1.807, 2.05) is 6.92 Å². The van der Waals surface area contributed by atoms with Gasteiger partial charge in [0, 0.05) is 31.7 Å². The van der Waals surface area contributed by atoms with Gasteiger partial charge in [-0.15, -0.1) is 0 Å². The van der Waals surface area contributed by atoms with Gasteiger partial charge in [-0.2, -0.15) is 5.10 Å². The Kier molecular flexibility index (Phi) is 4.89. The van der Waals surface area contributed by atoms with Gasteiger partial charge in [-0.25, -0.2) is 0 Å². The molecule has 0 unspecified atom stereocenters. The van der Waals surface area contributed by atoms with Crippen LogP contribution in [-0.2, 0) is 11.3 Å². The lowest BCUT2D eigenvalue weighted by atomic mass is 9.94. The van der Waals surface area contributed by atoms with Crippen molar-refractivity contribution >= 4 is 17.7 Å². The van der Waals surface area contributed by atoms with Gasteiger partial charge in [-0.05, 0) is 39.5 Å². The normalized spacial score (nSPS) is 25.3. The Morgan fingerprint density at radius 2 is 1.89 bits per heavy atom. The highest BCUT2D eigenvalue weighted by atomic mass is 16.2. The number of likely N-dealkylation sites (tertiary alicyclic amines) is 1. The zero-order valence-electron chi connectivity index (χ0n) is 16.7. The number of aromatic nitrogens is 2. The number of amides is 3. The summed E-state index contributed by atoms with van der Waals surface area (Å²) < 4.78 is 1.55. The number of likely N-dealkylation sites (N-methyl/N-ethyl adjacent to an activating group) is 1. The third-order valence-electron chi connectivity index (χ3n) is 6.41. The minimum atomic E-state index is -1.01. The van der Waals surface area contributed by atoms with E-state index in [-0.39, 0.29) is 30.3 Å². The molecule has 2 aliphatic heterocycles. The van der Waals surface area contributed by atoms with E-state index in [4.69, 9.17) is 0 Å². The molecule has 1 aliphatic carbocycles. The molecule has 0 bridgehead atoms. The first-order valence-corrected chi connectivity index (χ1v) is 10.4. The second-order valence-corrected chi connectivity index (χ2v) is 8.35. The van der Waals surface area contributed by atoms with E-state index in [2.05, 4.69) is 10.4 Å². The van der Waals surface area contributed by atoms with Crippen molar-refractivity contribution in [2.75, 3.05) is 19.6 Å². The van der Waals surface area contributed by atoms with Gasteiger partial charge in [0.05, 0.1) is 6.54 Å². The van der Waals surface area contributed by atoms with Gasteiger partial charge in [0.2, 0.25) is 5.91 Å². The molecule has 1 saturated carbocycles. The molecule has 1 saturated heterocycles. The maximum absolute atomic E-state index is 13.1. The van der Waals surface area contributed by atoms with Crippen molar-refractivity contribution in [2.45, 2.75) is 70.5 Å². The van der Waals surface area contributed by atoms with E-state index < -0.39 is 5.54 Å². The number of rotatable bonds is 4. The summed E-state index contributed by atoms with van der Waals surface area (Å²) >= 11 is 0. The van der Waals surface area contributed by atoms with Crippen LogP contribution in [0.25, 0.3) is 0 Å². The van der Waals surface area contributed by atoms with E-state index >= 15 is 0 Å². The average molecular weight is 387 g/mol. The smallest absolute Gasteiger partial charge is 0.274 e. The molecule has 1 N–H and O–H groups in total. The molecule has 1 atom stereocenters. The van der Waals surface area contributed by atoms with Crippen molar-refractivity contribution in [3.8, 4) is 0 Å². The van der Waals surface area contributed by atoms with Crippen molar-refractivity contribution < 1.29 is 14.4 Å². The van der Waals surface area contributed by atoms with Crippen LogP contribution in [0.2, 0.25) is 0 Å². The van der Waals surface area contributed by atoms with Crippen molar-refractivity contribution in [1.29, 1.82) is 0 Å². The zero-order chi connectivity index (χ0) is 19.9. The third kappa shape index (κ3) is 3.08. The number of carbonyl (C=O) groups is 3. The first kappa shape index (κ1) is 19.0. The van der Waals surface area contributed by atoms with Crippen molar-refractivity contribution in [2.24, 2.45) is 0 Å². The van der Waals surface area contributed by atoms with Crippen molar-refractivity contribution in [3.63, 3.8) is 0 Å². The molecule has 8 nitrogen and oxygen atoms in total. The maximum atomic E-state index is 13.1. The molecule has 3 heterocycles. The van der Waals surface area contributed by atoms with E-state index in [0.29, 0.717) is 17.9 Å². The van der Waals surface area contributed by atoms with Gasteiger partial charge >= 0.3 is 0 Å². The van der Waals surface area contributed by atoms with Gasteiger partial charge in [0.1, 0.15) is 11.2 Å². The molecule has 0 aromatic carbocycles. The number of hydrogen-bond acceptors (Lipinski definition) is 4. The Labute approximate surface area is 165 Å². The number of fused-ring (bicyclic) bond motifs is 1. The number of nitrogens with one attached hydrogen (secondary N) is 1. The Morgan fingerprint density at radius 3 is 2.54 bits per heavy atom. The molecule has 1 aromatic heterocycles. The molecule has 152 valence electrons. The molecule has 0 radical (unpaired) electrons. The van der Waals surface area contributed by atoms with Crippen molar-refractivity contribution in [3.05, 3.63) is 17.5 Å². The molecular formula is C20H29N5O3. The van der Waals surface area contributed by atoms with Crippen LogP contribution in [0.4, 0.5) is 0 Å². The van der Waals surface area contributed by atoms with Gasteiger partial charge in [0.25, 0.3) is 11.8 Å². The summed E-state index contributed by atoms with van der Waals surface area (Å²) in [6, 6.07) is 1.77. The summed E-state index contributed by atoms with van der Waals surface area (Å²) in [6.07, 6.45) is 6.24. The minimum Gasteiger partial charge on any atom is -0.351 e. The first-order valence-electron chi connectivity index (χ1n) is 10.4. The Balaban J connectivity index is 1.60. The molecule has 8 heteroatoms. The lowest BCUT2D eigenvalue weighted by Gasteiger charge is -2.43. The standard InChI is InChI=1S/C20H29N5O3/c1-3-24-18(27)16-12-15(17(26)23-10-6-7-11-23)22-25(16)13-20(24,2)19(28)21-14-8-4-5-9-14/h12,14H,3-11,13H2,1-2H3,(H,21,28)/t20-/m1/s1. The number of carbonyl (C=O) groups excluding carboxylic acids is 3. The fraction of sp³-hybridized carbons (Fsp3) is 0.700. The number of nitrogens with zero attached hydrogens (tertiary/aromatic N) is 4. The van der Waals surface area contributed by atoms with E-state index in [1.165, 1.54) is 0 Å². The SMILES string of the molecule is CCN1C(=O)c2cc(C(=O)N3CCCC3)nn2C[C@]1(C)C(=O)NC1CCCC1. The van der Waals surface area contributed by atoms with Crippen LogP contribution in [0.3, 0.4) is 0 Å². The summed E-state index contributed by atoms with van der Waals surface area (Å²) in [5, 5.41) is 7.55. The predicted molar refractivity (Wildman–Crippen MR) is 103 cm³/mol. The Bertz CT molecular complexity index is 792. The zero-order valence-corrected chi connectivity index (χ0v) is 16.7. The van der Waals surface area contributed by atoms with Gasteiger partial charge in [-0.1, -0.05) is 12.8 Å². The quantitative estimate of drug-likeness (QED) is 0.846. The Hall–Kier alpha value is -2.38. The average Bonchev–Trinajstić information content (AvgIpc) is 3.42. The molecule has 3 aliphatic rings. The fourth-order valence-electron chi connectivity index (χ4n) is 4.73. The minimum absolute atomic E-state index is 0.132. The van der Waals surface area contributed by atoms with Gasteiger partial charge < -0.3 is 15.1 Å². The molecule has 1 aromatic rings. The first-order chi connectivity index (χ1) is 13.4. The summed E-state index contributed by atoms with van der Waals surface area (Å²) in [5.41, 5.74) is -0.334. The predicted octanol–water partition coefficient (Wildman–Crippen LogP) is 1.41. The highest BCUT2D eigenvalue weighted by Gasteiger charge is 2.48. The van der Waals surface area contributed by atoms with E-state index in [0.717, 1.165) is 51.6 Å². The second kappa shape index (κ2) is 7.22. The lowest BCUT2D eigenvalue weighted by molar-refractivity contribution is -0.133. The van der Waals surface area contributed by atoms with Crippen LogP contribution in [-0.4, -0.2) is 68.5 Å². The molecule has 0 spiro atoms. The van der Waals surface area contributed by atoms with Crippen LogP contribution < -0.4 is 5.32 Å². The highest BCUT2D eigenvalue weighted by molar-refractivity contribution is 6.02. The molecule has 2 fully saturated rings. The highest BCUT2D eigenvalue weighted by Crippen LogP contribution is 2.29.